The van der Waals surface area contributed by atoms with Gasteiger partial charge in [0.05, 0.1) is 6.04 Å². The molecule has 0 spiro atoms. The summed E-state index contributed by atoms with van der Waals surface area (Å²) in [5, 5.41) is 2.26. The van der Waals surface area contributed by atoms with E-state index in [0.717, 1.165) is 29.2 Å². The average molecular weight is 466 g/mol. The van der Waals surface area contributed by atoms with Crippen LogP contribution in [0.5, 0.6) is 0 Å². The van der Waals surface area contributed by atoms with Gasteiger partial charge in [-0.3, -0.25) is 14.4 Å². The molecule has 0 bridgehead atoms. The molecule has 1 saturated heterocycles. The third-order valence-electron chi connectivity index (χ3n) is 7.28. The quantitative estimate of drug-likeness (QED) is 0.578. The van der Waals surface area contributed by atoms with Gasteiger partial charge in [-0.2, -0.15) is 0 Å². The normalized spacial score (nSPS) is 17.1. The van der Waals surface area contributed by atoms with E-state index in [1.807, 2.05) is 39.0 Å². The molecule has 3 rings (SSSR count). The molecule has 2 aromatic carbocycles. The first kappa shape index (κ1) is 25.9. The number of Topliss-reactive ketones (excluding diaryl/α,β-unsaturated/α-hetero) is 1. The average Bonchev–Trinajstić information content (AvgIpc) is 3.32. The minimum Gasteiger partial charge on any atom is -0.344 e. The summed E-state index contributed by atoms with van der Waals surface area (Å²) in [6, 6.07) is 13.9. The topological polar surface area (TPSA) is 83.7 Å². The standard InChI is InChI=1S/C28H39N3O3/c1-5-28(2,3)27(34)31-15-8-11-24(31)25(32)19-23(26(33)30(4)16-14-29)18-20-12-13-21-9-6-7-10-22(21)17-20/h6-7,9-10,12-13,17,23-24H,5,8,11,14-16,18-19,29H2,1-4H3. The van der Waals surface area contributed by atoms with E-state index in [-0.39, 0.29) is 24.0 Å². The molecule has 2 unspecified atom stereocenters. The fourth-order valence-corrected chi connectivity index (χ4v) is 4.78. The lowest BCUT2D eigenvalue weighted by Gasteiger charge is -2.32. The summed E-state index contributed by atoms with van der Waals surface area (Å²) in [6.45, 7) is 7.28. The fraction of sp³-hybridized carbons (Fsp3) is 0.536. The van der Waals surface area contributed by atoms with Crippen LogP contribution in [0.1, 0.15) is 52.0 Å². The summed E-state index contributed by atoms with van der Waals surface area (Å²) in [5.41, 5.74) is 6.21. The lowest BCUT2D eigenvalue weighted by Crippen LogP contribution is -2.47. The minimum absolute atomic E-state index is 0.0157. The summed E-state index contributed by atoms with van der Waals surface area (Å²) in [7, 11) is 1.74. The maximum Gasteiger partial charge on any atom is 0.228 e. The highest BCUT2D eigenvalue weighted by molar-refractivity contribution is 5.94. The third-order valence-corrected chi connectivity index (χ3v) is 7.28. The zero-order valence-corrected chi connectivity index (χ0v) is 21.0. The number of fused-ring (bicyclic) bond motifs is 1. The number of amides is 2. The number of likely N-dealkylation sites (tertiary alicyclic amines) is 1. The SMILES string of the molecule is CCC(C)(C)C(=O)N1CCCC1C(=O)CC(Cc1ccc2ccccc2c1)C(=O)N(C)CCN. The Hall–Kier alpha value is -2.73. The smallest absolute Gasteiger partial charge is 0.228 e. The van der Waals surface area contributed by atoms with Crippen LogP contribution < -0.4 is 5.73 Å². The second-order valence-corrected chi connectivity index (χ2v) is 10.2. The Morgan fingerprint density at radius 3 is 2.53 bits per heavy atom. The van der Waals surface area contributed by atoms with E-state index in [1.165, 1.54) is 0 Å². The molecule has 0 saturated carbocycles. The zero-order valence-electron chi connectivity index (χ0n) is 21.0. The van der Waals surface area contributed by atoms with Crippen LogP contribution in [0.15, 0.2) is 42.5 Å². The molecule has 2 aromatic rings. The molecule has 184 valence electrons. The molecule has 1 aliphatic heterocycles. The molecule has 6 heteroatoms. The van der Waals surface area contributed by atoms with E-state index in [2.05, 4.69) is 24.3 Å². The Labute approximate surface area is 203 Å². The number of hydrogen-bond donors (Lipinski definition) is 1. The van der Waals surface area contributed by atoms with Crippen LogP contribution in [0.4, 0.5) is 0 Å². The first-order valence-corrected chi connectivity index (χ1v) is 12.4. The number of carbonyl (C=O) groups is 3. The van der Waals surface area contributed by atoms with Gasteiger partial charge in [0, 0.05) is 44.4 Å². The van der Waals surface area contributed by atoms with Gasteiger partial charge in [-0.15, -0.1) is 0 Å². The van der Waals surface area contributed by atoms with Crippen molar-refractivity contribution in [2.24, 2.45) is 17.1 Å². The number of carbonyl (C=O) groups excluding carboxylic acids is 3. The number of rotatable bonds is 10. The van der Waals surface area contributed by atoms with Crippen molar-refractivity contribution in [1.82, 2.24) is 9.80 Å². The van der Waals surface area contributed by atoms with Crippen LogP contribution in [0.2, 0.25) is 0 Å². The Morgan fingerprint density at radius 1 is 1.15 bits per heavy atom. The van der Waals surface area contributed by atoms with Crippen molar-refractivity contribution in [2.75, 3.05) is 26.7 Å². The van der Waals surface area contributed by atoms with Gasteiger partial charge in [-0.25, -0.2) is 0 Å². The molecule has 2 amide bonds. The van der Waals surface area contributed by atoms with E-state index < -0.39 is 17.4 Å². The van der Waals surface area contributed by atoms with Crippen molar-refractivity contribution < 1.29 is 14.4 Å². The largest absolute Gasteiger partial charge is 0.344 e. The summed E-state index contributed by atoms with van der Waals surface area (Å²) in [6.07, 6.45) is 2.81. The number of nitrogens with zero attached hydrogens (tertiary/aromatic N) is 2. The Morgan fingerprint density at radius 2 is 1.85 bits per heavy atom. The number of hydrogen-bond acceptors (Lipinski definition) is 4. The lowest BCUT2D eigenvalue weighted by molar-refractivity contribution is -0.145. The second kappa shape index (κ2) is 11.1. The van der Waals surface area contributed by atoms with Gasteiger partial charge in [0.15, 0.2) is 5.78 Å². The van der Waals surface area contributed by atoms with Gasteiger partial charge in [0.1, 0.15) is 0 Å². The highest BCUT2D eigenvalue weighted by Gasteiger charge is 2.40. The minimum atomic E-state index is -0.496. The first-order chi connectivity index (χ1) is 16.2. The number of benzene rings is 2. The molecule has 2 N–H and O–H groups in total. The molecular weight excluding hydrogens is 426 g/mol. The molecule has 0 aromatic heterocycles. The van der Waals surface area contributed by atoms with Crippen LogP contribution in [0.3, 0.4) is 0 Å². The molecule has 0 radical (unpaired) electrons. The highest BCUT2D eigenvalue weighted by atomic mass is 16.2. The Balaban J connectivity index is 1.82. The van der Waals surface area contributed by atoms with Gasteiger partial charge in [-0.1, -0.05) is 63.2 Å². The van der Waals surface area contributed by atoms with Crippen molar-refractivity contribution >= 4 is 28.4 Å². The predicted octanol–water partition coefficient (Wildman–Crippen LogP) is 3.80. The maximum atomic E-state index is 13.5. The molecule has 0 aliphatic carbocycles. The molecular formula is C28H39N3O3. The van der Waals surface area contributed by atoms with Crippen LogP contribution in [-0.2, 0) is 20.8 Å². The molecule has 2 atom stereocenters. The maximum absolute atomic E-state index is 13.5. The van der Waals surface area contributed by atoms with Crippen molar-refractivity contribution in [3.63, 3.8) is 0 Å². The zero-order chi connectivity index (χ0) is 24.9. The van der Waals surface area contributed by atoms with Crippen LogP contribution in [0.25, 0.3) is 10.8 Å². The van der Waals surface area contributed by atoms with E-state index in [1.54, 1.807) is 16.8 Å². The first-order valence-electron chi connectivity index (χ1n) is 12.4. The molecule has 6 nitrogen and oxygen atoms in total. The second-order valence-electron chi connectivity index (χ2n) is 10.2. The molecule has 1 fully saturated rings. The monoisotopic (exact) mass is 465 g/mol. The van der Waals surface area contributed by atoms with Gasteiger partial charge in [0.25, 0.3) is 0 Å². The number of nitrogens with two attached hydrogens (primary N) is 1. The highest BCUT2D eigenvalue weighted by Crippen LogP contribution is 2.30. The van der Waals surface area contributed by atoms with Crippen LogP contribution in [0, 0.1) is 11.3 Å². The van der Waals surface area contributed by atoms with Crippen molar-refractivity contribution in [3.8, 4) is 0 Å². The van der Waals surface area contributed by atoms with Gasteiger partial charge < -0.3 is 15.5 Å². The van der Waals surface area contributed by atoms with Gasteiger partial charge in [0.2, 0.25) is 11.8 Å². The number of likely N-dealkylation sites (N-methyl/N-ethyl adjacent to an activating group) is 1. The molecule has 34 heavy (non-hydrogen) atoms. The third kappa shape index (κ3) is 5.84. The van der Waals surface area contributed by atoms with Crippen molar-refractivity contribution in [1.29, 1.82) is 0 Å². The fourth-order valence-electron chi connectivity index (χ4n) is 4.78. The summed E-state index contributed by atoms with van der Waals surface area (Å²) >= 11 is 0. The molecule has 1 aliphatic rings. The van der Waals surface area contributed by atoms with Crippen LogP contribution >= 0.6 is 0 Å². The van der Waals surface area contributed by atoms with E-state index in [4.69, 9.17) is 5.73 Å². The van der Waals surface area contributed by atoms with Crippen molar-refractivity contribution in [2.45, 2.75) is 58.9 Å². The lowest BCUT2D eigenvalue weighted by atomic mass is 9.87. The van der Waals surface area contributed by atoms with E-state index >= 15 is 0 Å². The summed E-state index contributed by atoms with van der Waals surface area (Å²) in [4.78, 5) is 43.3. The Kier molecular flexibility index (Phi) is 8.47. The predicted molar refractivity (Wildman–Crippen MR) is 136 cm³/mol. The van der Waals surface area contributed by atoms with Crippen LogP contribution in [-0.4, -0.2) is 60.1 Å². The van der Waals surface area contributed by atoms with Gasteiger partial charge >= 0.3 is 0 Å². The van der Waals surface area contributed by atoms with Gasteiger partial charge in [-0.05, 0) is 42.0 Å². The molecule has 1 heterocycles. The van der Waals surface area contributed by atoms with E-state index in [0.29, 0.717) is 32.5 Å². The summed E-state index contributed by atoms with van der Waals surface area (Å²) < 4.78 is 0. The summed E-state index contributed by atoms with van der Waals surface area (Å²) in [5.74, 6) is -0.541. The number of ketones is 1. The van der Waals surface area contributed by atoms with E-state index in [9.17, 15) is 14.4 Å². The van der Waals surface area contributed by atoms with Crippen molar-refractivity contribution in [3.05, 3.63) is 48.0 Å². The Bertz CT molecular complexity index is 1030.